The number of anilines is 1. The normalized spacial score (nSPS) is 20.4. The molecule has 0 N–H and O–H groups in total. The van der Waals surface area contributed by atoms with Crippen LogP contribution in [0.4, 0.5) is 5.69 Å². The smallest absolute Gasteiger partial charge is 0.292 e. The van der Waals surface area contributed by atoms with Gasteiger partial charge in [-0.25, -0.2) is 8.42 Å². The van der Waals surface area contributed by atoms with Crippen LogP contribution in [0.3, 0.4) is 0 Å². The Kier molecular flexibility index (Phi) is 4.61. The average Bonchev–Trinajstić information content (AvgIpc) is 3.58. The summed E-state index contributed by atoms with van der Waals surface area (Å²) in [6.07, 6.45) is 2.87. The third-order valence-corrected chi connectivity index (χ3v) is 7.64. The van der Waals surface area contributed by atoms with Crippen LogP contribution in [0.25, 0.3) is 0 Å². The number of carbonyl (C=O) groups excluding carboxylic acids is 1. The summed E-state index contributed by atoms with van der Waals surface area (Å²) in [5.41, 5.74) is 1.12. The average molecular weight is 429 g/mol. The second-order valence-corrected chi connectivity index (χ2v) is 9.78. The number of para-hydroxylation sites is 1. The number of fused-ring (bicyclic) bond motifs is 2. The predicted octanol–water partition coefficient (Wildman–Crippen LogP) is 2.87. The number of methoxy groups -OCH3 is 1. The molecule has 158 valence electrons. The van der Waals surface area contributed by atoms with Crippen LogP contribution in [0.15, 0.2) is 52.3 Å². The largest absolute Gasteiger partial charge is 0.495 e. The van der Waals surface area contributed by atoms with Crippen molar-refractivity contribution in [3.63, 3.8) is 0 Å². The fourth-order valence-corrected chi connectivity index (χ4v) is 5.55. The van der Waals surface area contributed by atoms with Gasteiger partial charge in [0.2, 0.25) is 9.84 Å². The Morgan fingerprint density at radius 1 is 1.13 bits per heavy atom. The van der Waals surface area contributed by atoms with Crippen molar-refractivity contribution in [3.8, 4) is 5.75 Å². The van der Waals surface area contributed by atoms with Crippen LogP contribution < -0.4 is 9.64 Å². The minimum Gasteiger partial charge on any atom is -0.495 e. The van der Waals surface area contributed by atoms with Crippen molar-refractivity contribution in [3.05, 3.63) is 48.0 Å². The van der Waals surface area contributed by atoms with Gasteiger partial charge in [-0.15, -0.1) is 0 Å². The summed E-state index contributed by atoms with van der Waals surface area (Å²) in [6, 6.07) is 11.2. The van der Waals surface area contributed by atoms with Gasteiger partial charge in [-0.2, -0.15) is 0 Å². The van der Waals surface area contributed by atoms with Gasteiger partial charge in [-0.05, 0) is 55.5 Å². The lowest BCUT2D eigenvalue weighted by atomic mass is 10.1. The third kappa shape index (κ3) is 2.93. The van der Waals surface area contributed by atoms with Crippen molar-refractivity contribution in [2.75, 3.05) is 31.8 Å². The second kappa shape index (κ2) is 7.08. The monoisotopic (exact) mass is 429 g/mol. The van der Waals surface area contributed by atoms with Crippen molar-refractivity contribution >= 4 is 21.4 Å². The van der Waals surface area contributed by atoms with Gasteiger partial charge in [0.1, 0.15) is 10.6 Å². The number of benzene rings is 2. The van der Waals surface area contributed by atoms with E-state index in [9.17, 15) is 13.2 Å². The molecule has 0 unspecified atom stereocenters. The Hall–Kier alpha value is -2.42. The summed E-state index contributed by atoms with van der Waals surface area (Å²) >= 11 is 0. The van der Waals surface area contributed by atoms with Crippen LogP contribution in [0.1, 0.15) is 24.8 Å². The summed E-state index contributed by atoms with van der Waals surface area (Å²) in [6.45, 7) is 1.36. The van der Waals surface area contributed by atoms with Gasteiger partial charge in [0, 0.05) is 12.1 Å². The number of rotatable bonds is 5. The number of hydrogen-bond acceptors (Lipinski definition) is 6. The Balaban J connectivity index is 1.63. The van der Waals surface area contributed by atoms with Crippen molar-refractivity contribution in [2.45, 2.75) is 34.8 Å². The molecule has 2 aliphatic heterocycles. The molecule has 0 atom stereocenters. The number of sulfone groups is 1. The van der Waals surface area contributed by atoms with Gasteiger partial charge in [-0.1, -0.05) is 12.1 Å². The molecule has 2 fully saturated rings. The van der Waals surface area contributed by atoms with Gasteiger partial charge in [0.05, 0.1) is 30.9 Å². The van der Waals surface area contributed by atoms with Crippen LogP contribution in [0, 0.1) is 5.92 Å². The van der Waals surface area contributed by atoms with Crippen LogP contribution >= 0.6 is 0 Å². The van der Waals surface area contributed by atoms with E-state index >= 15 is 0 Å². The maximum absolute atomic E-state index is 13.4. The summed E-state index contributed by atoms with van der Waals surface area (Å²) in [5.74, 6) is -1.09. The summed E-state index contributed by atoms with van der Waals surface area (Å²) < 4.78 is 43.8. The highest BCUT2D eigenvalue weighted by molar-refractivity contribution is 7.91. The number of nitrogens with zero attached hydrogens (tertiary/aromatic N) is 1. The van der Waals surface area contributed by atoms with E-state index in [0.717, 1.165) is 12.8 Å². The van der Waals surface area contributed by atoms with E-state index in [0.29, 0.717) is 43.3 Å². The van der Waals surface area contributed by atoms with E-state index in [4.69, 9.17) is 14.2 Å². The summed E-state index contributed by atoms with van der Waals surface area (Å²) in [7, 11) is -2.44. The predicted molar refractivity (Wildman–Crippen MR) is 108 cm³/mol. The molecule has 2 aromatic rings. The Bertz CT molecular complexity index is 1100. The molecule has 0 aromatic heterocycles. The van der Waals surface area contributed by atoms with E-state index in [1.165, 1.54) is 25.3 Å². The zero-order valence-electron chi connectivity index (χ0n) is 16.7. The molecule has 0 radical (unpaired) electrons. The molecule has 30 heavy (non-hydrogen) atoms. The van der Waals surface area contributed by atoms with Crippen LogP contribution in [-0.4, -0.2) is 41.2 Å². The minimum atomic E-state index is -3.87. The summed E-state index contributed by atoms with van der Waals surface area (Å²) in [5, 5.41) is 0. The Morgan fingerprint density at radius 2 is 1.87 bits per heavy atom. The van der Waals surface area contributed by atoms with E-state index in [1.807, 2.05) is 0 Å². The highest BCUT2D eigenvalue weighted by Gasteiger charge is 2.55. The molecule has 3 aliphatic rings. The molecule has 1 aliphatic carbocycles. The molecule has 1 spiro atoms. The molecular formula is C22H23NO6S. The maximum atomic E-state index is 13.4. The van der Waals surface area contributed by atoms with Crippen molar-refractivity contribution in [1.82, 2.24) is 0 Å². The van der Waals surface area contributed by atoms with E-state index in [-0.39, 0.29) is 21.4 Å². The van der Waals surface area contributed by atoms with Crippen molar-refractivity contribution < 1.29 is 27.4 Å². The molecule has 1 saturated heterocycles. The first-order valence-electron chi connectivity index (χ1n) is 10.1. The van der Waals surface area contributed by atoms with Gasteiger partial charge in [0.15, 0.2) is 0 Å². The molecule has 7 nitrogen and oxygen atoms in total. The first-order chi connectivity index (χ1) is 14.5. The van der Waals surface area contributed by atoms with Gasteiger partial charge in [-0.3, -0.25) is 4.79 Å². The summed E-state index contributed by atoms with van der Waals surface area (Å²) in [4.78, 5) is 15.2. The highest BCUT2D eigenvalue weighted by Crippen LogP contribution is 2.48. The van der Waals surface area contributed by atoms with E-state index in [2.05, 4.69) is 0 Å². The quantitative estimate of drug-likeness (QED) is 0.727. The van der Waals surface area contributed by atoms with Gasteiger partial charge in [0.25, 0.3) is 11.7 Å². The van der Waals surface area contributed by atoms with Crippen LogP contribution in [0.5, 0.6) is 5.75 Å². The van der Waals surface area contributed by atoms with E-state index in [1.54, 1.807) is 29.2 Å². The maximum Gasteiger partial charge on any atom is 0.292 e. The molecule has 5 rings (SSSR count). The van der Waals surface area contributed by atoms with Crippen LogP contribution in [0.2, 0.25) is 0 Å². The minimum absolute atomic E-state index is 0.0731. The Morgan fingerprint density at radius 3 is 2.57 bits per heavy atom. The lowest BCUT2D eigenvalue weighted by molar-refractivity contribution is -0.256. The topological polar surface area (TPSA) is 82.1 Å². The zero-order chi connectivity index (χ0) is 20.9. The number of ether oxygens (including phenoxy) is 3. The highest BCUT2D eigenvalue weighted by atomic mass is 32.2. The first-order valence-corrected chi connectivity index (χ1v) is 11.6. The van der Waals surface area contributed by atoms with E-state index < -0.39 is 15.6 Å². The SMILES string of the molecule is COc1ccccc1S(=O)(=O)c1ccc2c(c1)C1(OCCCO1)C(=O)N2CC1CC1. The fourth-order valence-electron chi connectivity index (χ4n) is 4.10. The fraction of sp³-hybridized carbons (Fsp3) is 0.409. The number of carbonyl (C=O) groups is 1. The second-order valence-electron chi connectivity index (χ2n) is 7.86. The number of amides is 1. The molecular weight excluding hydrogens is 406 g/mol. The lowest BCUT2D eigenvalue weighted by Gasteiger charge is -2.32. The molecule has 1 saturated carbocycles. The van der Waals surface area contributed by atoms with Crippen LogP contribution in [-0.2, 0) is 29.9 Å². The molecule has 2 aromatic carbocycles. The van der Waals surface area contributed by atoms with Gasteiger partial charge < -0.3 is 19.1 Å². The van der Waals surface area contributed by atoms with Crippen molar-refractivity contribution in [1.29, 1.82) is 0 Å². The molecule has 1 amide bonds. The lowest BCUT2D eigenvalue weighted by Crippen LogP contribution is -2.47. The Labute approximate surface area is 175 Å². The van der Waals surface area contributed by atoms with Crippen molar-refractivity contribution in [2.24, 2.45) is 5.92 Å². The third-order valence-electron chi connectivity index (χ3n) is 5.85. The van der Waals surface area contributed by atoms with Gasteiger partial charge >= 0.3 is 0 Å². The zero-order valence-corrected chi connectivity index (χ0v) is 17.5. The standard InChI is InChI=1S/C22H23NO6S/c1-27-19-5-2-3-6-20(19)30(25,26)16-9-10-18-17(13-16)22(28-11-4-12-29-22)21(24)23(18)14-15-7-8-15/h2-3,5-6,9-10,13,15H,4,7-8,11-12,14H2,1H3. The molecule has 8 heteroatoms. The first kappa shape index (κ1) is 19.5. The molecule has 0 bridgehead atoms. The number of hydrogen-bond donors (Lipinski definition) is 0. The molecule has 2 heterocycles.